The molecule has 2 N–H and O–H groups in total. The Bertz CT molecular complexity index is 341. The number of carbonyl (C=O) groups excluding carboxylic acids is 2. The number of imide groups is 1. The third-order valence-electron chi connectivity index (χ3n) is 2.49. The molecule has 0 aromatic carbocycles. The first-order valence-electron chi connectivity index (χ1n) is 5.93. The smallest absolute Gasteiger partial charge is 0.323 e. The quantitative estimate of drug-likeness (QED) is 0.712. The number of ether oxygens (including phenoxy) is 1. The maximum atomic E-state index is 11.6. The Hall–Kier alpha value is -1.63. The standard InChI is InChI=1S/C12H22N2O5/c1-12(2,8-10(16)17)7-9(15)13-11(18)14(3)5-6-19-4/h5-8H2,1-4H3,(H,16,17)(H,13,15,18). The van der Waals surface area contributed by atoms with Gasteiger partial charge >= 0.3 is 12.0 Å². The summed E-state index contributed by atoms with van der Waals surface area (Å²) >= 11 is 0. The predicted octanol–water partition coefficient (Wildman–Crippen LogP) is 0.692. The molecule has 3 amide bonds. The lowest BCUT2D eigenvalue weighted by Gasteiger charge is -2.22. The number of amides is 3. The molecule has 0 aliphatic heterocycles. The third-order valence-corrected chi connectivity index (χ3v) is 2.49. The molecule has 0 fully saturated rings. The van der Waals surface area contributed by atoms with E-state index in [9.17, 15) is 14.4 Å². The number of carboxylic acids is 1. The minimum Gasteiger partial charge on any atom is -0.481 e. The second-order valence-corrected chi connectivity index (χ2v) is 5.18. The van der Waals surface area contributed by atoms with Crippen molar-refractivity contribution in [1.29, 1.82) is 0 Å². The third kappa shape index (κ3) is 8.15. The first kappa shape index (κ1) is 17.4. The van der Waals surface area contributed by atoms with Gasteiger partial charge in [-0.1, -0.05) is 13.8 Å². The Kier molecular flexibility index (Phi) is 7.06. The molecule has 0 saturated carbocycles. The highest BCUT2D eigenvalue weighted by atomic mass is 16.5. The first-order chi connectivity index (χ1) is 8.68. The van der Waals surface area contributed by atoms with Gasteiger partial charge < -0.3 is 14.7 Å². The van der Waals surface area contributed by atoms with Gasteiger partial charge in [-0.25, -0.2) is 4.79 Å². The first-order valence-corrected chi connectivity index (χ1v) is 5.93. The van der Waals surface area contributed by atoms with Crippen LogP contribution >= 0.6 is 0 Å². The highest BCUT2D eigenvalue weighted by Crippen LogP contribution is 2.24. The van der Waals surface area contributed by atoms with Crippen molar-refractivity contribution >= 4 is 17.9 Å². The number of urea groups is 1. The molecule has 0 atom stereocenters. The van der Waals surface area contributed by atoms with Crippen LogP contribution in [0.25, 0.3) is 0 Å². The topological polar surface area (TPSA) is 95.9 Å². The molecule has 19 heavy (non-hydrogen) atoms. The fourth-order valence-electron chi connectivity index (χ4n) is 1.50. The minimum atomic E-state index is -0.971. The van der Waals surface area contributed by atoms with E-state index >= 15 is 0 Å². The van der Waals surface area contributed by atoms with E-state index in [0.29, 0.717) is 13.2 Å². The van der Waals surface area contributed by atoms with Gasteiger partial charge in [0.05, 0.1) is 13.0 Å². The molecular weight excluding hydrogens is 252 g/mol. The van der Waals surface area contributed by atoms with Crippen molar-refractivity contribution in [3.63, 3.8) is 0 Å². The van der Waals surface area contributed by atoms with Crippen LogP contribution in [0.2, 0.25) is 0 Å². The number of nitrogens with one attached hydrogen (secondary N) is 1. The lowest BCUT2D eigenvalue weighted by atomic mass is 9.85. The van der Waals surface area contributed by atoms with Gasteiger partial charge in [-0.3, -0.25) is 14.9 Å². The summed E-state index contributed by atoms with van der Waals surface area (Å²) in [5.41, 5.74) is -0.693. The highest BCUT2D eigenvalue weighted by Gasteiger charge is 2.26. The van der Waals surface area contributed by atoms with Crippen LogP contribution in [0.4, 0.5) is 4.79 Å². The summed E-state index contributed by atoms with van der Waals surface area (Å²) in [5, 5.41) is 10.9. The number of rotatable bonds is 7. The predicted molar refractivity (Wildman–Crippen MR) is 68.7 cm³/mol. The Morgan fingerprint density at radius 3 is 2.32 bits per heavy atom. The Morgan fingerprint density at radius 2 is 1.84 bits per heavy atom. The average molecular weight is 274 g/mol. The van der Waals surface area contributed by atoms with Gasteiger partial charge in [-0.2, -0.15) is 0 Å². The SMILES string of the molecule is COCCN(C)C(=O)NC(=O)CC(C)(C)CC(=O)O. The summed E-state index contributed by atoms with van der Waals surface area (Å²) in [7, 11) is 3.06. The van der Waals surface area contributed by atoms with E-state index in [1.165, 1.54) is 12.0 Å². The summed E-state index contributed by atoms with van der Waals surface area (Å²) in [5.74, 6) is -1.46. The second-order valence-electron chi connectivity index (χ2n) is 5.18. The van der Waals surface area contributed by atoms with Crippen LogP contribution in [0.1, 0.15) is 26.7 Å². The summed E-state index contributed by atoms with van der Waals surface area (Å²) < 4.78 is 4.82. The summed E-state index contributed by atoms with van der Waals surface area (Å²) in [6.45, 7) is 4.08. The molecule has 0 aromatic rings. The molecule has 0 spiro atoms. The van der Waals surface area contributed by atoms with Crippen molar-refractivity contribution < 1.29 is 24.2 Å². The number of hydrogen-bond donors (Lipinski definition) is 2. The number of carboxylic acid groups (broad SMARTS) is 1. The lowest BCUT2D eigenvalue weighted by molar-refractivity contribution is -0.139. The van der Waals surface area contributed by atoms with E-state index in [4.69, 9.17) is 9.84 Å². The number of methoxy groups -OCH3 is 1. The van der Waals surface area contributed by atoms with Crippen molar-refractivity contribution in [3.05, 3.63) is 0 Å². The Morgan fingerprint density at radius 1 is 1.26 bits per heavy atom. The fourth-order valence-corrected chi connectivity index (χ4v) is 1.50. The number of likely N-dealkylation sites (N-methyl/N-ethyl adjacent to an activating group) is 1. The molecule has 0 aliphatic carbocycles. The molecule has 0 bridgehead atoms. The molecule has 0 heterocycles. The zero-order valence-corrected chi connectivity index (χ0v) is 11.9. The van der Waals surface area contributed by atoms with Crippen LogP contribution in [0, 0.1) is 5.41 Å². The van der Waals surface area contributed by atoms with Gasteiger partial charge in [0, 0.05) is 27.1 Å². The number of nitrogens with zero attached hydrogens (tertiary/aromatic N) is 1. The Labute approximate surface area is 112 Å². The maximum absolute atomic E-state index is 11.6. The molecule has 0 aliphatic rings. The van der Waals surface area contributed by atoms with E-state index < -0.39 is 23.3 Å². The van der Waals surface area contributed by atoms with Crippen molar-refractivity contribution in [2.24, 2.45) is 5.41 Å². The van der Waals surface area contributed by atoms with E-state index in [1.807, 2.05) is 0 Å². The zero-order valence-electron chi connectivity index (χ0n) is 11.9. The molecule has 0 radical (unpaired) electrons. The molecule has 110 valence electrons. The van der Waals surface area contributed by atoms with Crippen LogP contribution < -0.4 is 5.32 Å². The van der Waals surface area contributed by atoms with E-state index in [2.05, 4.69) is 5.32 Å². The normalized spacial score (nSPS) is 10.9. The molecule has 7 heteroatoms. The second kappa shape index (κ2) is 7.73. The lowest BCUT2D eigenvalue weighted by Crippen LogP contribution is -2.43. The van der Waals surface area contributed by atoms with Gasteiger partial charge in [0.2, 0.25) is 5.91 Å². The summed E-state index contributed by atoms with van der Waals surface area (Å²) in [4.78, 5) is 35.2. The van der Waals surface area contributed by atoms with Crippen LogP contribution in [-0.2, 0) is 14.3 Å². The largest absolute Gasteiger partial charge is 0.481 e. The van der Waals surface area contributed by atoms with Crippen LogP contribution in [0.5, 0.6) is 0 Å². The maximum Gasteiger partial charge on any atom is 0.323 e. The van der Waals surface area contributed by atoms with Crippen molar-refractivity contribution in [2.75, 3.05) is 27.3 Å². The minimum absolute atomic E-state index is 0.0246. The molecule has 0 saturated heterocycles. The van der Waals surface area contributed by atoms with E-state index in [-0.39, 0.29) is 12.8 Å². The molecule has 0 unspecified atom stereocenters. The number of carbonyl (C=O) groups is 3. The van der Waals surface area contributed by atoms with Crippen molar-refractivity contribution in [2.45, 2.75) is 26.7 Å². The van der Waals surface area contributed by atoms with Crippen LogP contribution in [0.15, 0.2) is 0 Å². The van der Waals surface area contributed by atoms with Gasteiger partial charge in [0.25, 0.3) is 0 Å². The molecular formula is C12H22N2O5. The summed E-state index contributed by atoms with van der Waals surface area (Å²) in [6, 6.07) is -0.520. The molecule has 0 rings (SSSR count). The van der Waals surface area contributed by atoms with Gasteiger partial charge in [0.15, 0.2) is 0 Å². The van der Waals surface area contributed by atoms with E-state index in [0.717, 1.165) is 0 Å². The van der Waals surface area contributed by atoms with Gasteiger partial charge in [0.1, 0.15) is 0 Å². The van der Waals surface area contributed by atoms with Crippen LogP contribution in [0.3, 0.4) is 0 Å². The van der Waals surface area contributed by atoms with Gasteiger partial charge in [-0.15, -0.1) is 0 Å². The monoisotopic (exact) mass is 274 g/mol. The van der Waals surface area contributed by atoms with Gasteiger partial charge in [-0.05, 0) is 5.41 Å². The van der Waals surface area contributed by atoms with E-state index in [1.54, 1.807) is 20.9 Å². The molecule has 7 nitrogen and oxygen atoms in total. The number of aliphatic carboxylic acids is 1. The fraction of sp³-hybridized carbons (Fsp3) is 0.750. The average Bonchev–Trinajstić information content (AvgIpc) is 2.22. The van der Waals surface area contributed by atoms with Crippen molar-refractivity contribution in [1.82, 2.24) is 10.2 Å². The zero-order chi connectivity index (χ0) is 15.1. The van der Waals surface area contributed by atoms with Crippen LogP contribution in [-0.4, -0.2) is 55.2 Å². The van der Waals surface area contributed by atoms with Crippen molar-refractivity contribution in [3.8, 4) is 0 Å². The number of hydrogen-bond acceptors (Lipinski definition) is 4. The molecule has 0 aromatic heterocycles. The highest BCUT2D eigenvalue weighted by molar-refractivity contribution is 5.94. The Balaban J connectivity index is 4.23. The summed E-state index contributed by atoms with van der Waals surface area (Å²) in [6.07, 6.45) is -0.155.